The molecule has 1 heterocycles. The number of aromatic amines is 1. The van der Waals surface area contributed by atoms with E-state index in [9.17, 15) is 0 Å². The molecular weight excluding hydrogens is 372 g/mol. The van der Waals surface area contributed by atoms with Crippen LogP contribution in [-0.2, 0) is 6.61 Å². The predicted molar refractivity (Wildman–Crippen MR) is 112 cm³/mol. The lowest BCUT2D eigenvalue weighted by Crippen LogP contribution is -1.96. The van der Waals surface area contributed by atoms with Gasteiger partial charge >= 0.3 is 0 Å². The third-order valence-corrected chi connectivity index (χ3v) is 4.66. The average molecular weight is 391 g/mol. The van der Waals surface area contributed by atoms with Crippen molar-refractivity contribution in [1.82, 2.24) is 9.97 Å². The molecule has 0 radical (unpaired) electrons. The SMILES string of the molecule is COc1cc(OCc2ccc(Cl)cc2)ccc1-c1cnc(-c2ccccc2)[nH]1. The summed E-state index contributed by atoms with van der Waals surface area (Å²) in [6.07, 6.45) is 1.81. The third kappa shape index (κ3) is 4.02. The molecule has 0 bridgehead atoms. The van der Waals surface area contributed by atoms with Gasteiger partial charge in [-0.3, -0.25) is 0 Å². The molecule has 0 atom stereocenters. The first kappa shape index (κ1) is 18.1. The molecule has 0 unspecified atom stereocenters. The molecular formula is C23H19ClN2O2. The quantitative estimate of drug-likeness (QED) is 0.440. The Balaban J connectivity index is 1.54. The number of hydrogen-bond donors (Lipinski definition) is 1. The van der Waals surface area contributed by atoms with E-state index in [4.69, 9.17) is 21.1 Å². The Labute approximate surface area is 168 Å². The number of halogens is 1. The standard InChI is InChI=1S/C23H19ClN2O2/c1-27-22-13-19(28-15-16-7-9-18(24)10-8-16)11-12-20(22)21-14-25-23(26-21)17-5-3-2-4-6-17/h2-14H,15H2,1H3,(H,25,26). The van der Waals surface area contributed by atoms with Gasteiger partial charge in [0.1, 0.15) is 23.9 Å². The van der Waals surface area contributed by atoms with E-state index in [1.54, 1.807) is 7.11 Å². The van der Waals surface area contributed by atoms with Gasteiger partial charge in [-0.15, -0.1) is 0 Å². The molecule has 1 N–H and O–H groups in total. The minimum atomic E-state index is 0.460. The van der Waals surface area contributed by atoms with Gasteiger partial charge in [0.25, 0.3) is 0 Å². The van der Waals surface area contributed by atoms with E-state index in [0.29, 0.717) is 11.6 Å². The zero-order valence-electron chi connectivity index (χ0n) is 15.4. The van der Waals surface area contributed by atoms with E-state index in [2.05, 4.69) is 9.97 Å². The highest BCUT2D eigenvalue weighted by Crippen LogP contribution is 2.33. The summed E-state index contributed by atoms with van der Waals surface area (Å²) < 4.78 is 11.5. The summed E-state index contributed by atoms with van der Waals surface area (Å²) in [6, 6.07) is 23.4. The average Bonchev–Trinajstić information content (AvgIpc) is 3.24. The van der Waals surface area contributed by atoms with Gasteiger partial charge < -0.3 is 14.5 Å². The van der Waals surface area contributed by atoms with E-state index in [1.807, 2.05) is 79.0 Å². The van der Waals surface area contributed by atoms with Crippen LogP contribution in [0.25, 0.3) is 22.6 Å². The Hall–Kier alpha value is -3.24. The Kier molecular flexibility index (Phi) is 5.31. The molecule has 1 aromatic heterocycles. The molecule has 0 amide bonds. The van der Waals surface area contributed by atoms with Gasteiger partial charge in [0.15, 0.2) is 0 Å². The topological polar surface area (TPSA) is 47.1 Å². The van der Waals surface area contributed by atoms with Crippen molar-refractivity contribution in [2.45, 2.75) is 6.61 Å². The molecule has 28 heavy (non-hydrogen) atoms. The number of benzene rings is 3. The first-order valence-corrected chi connectivity index (χ1v) is 9.27. The smallest absolute Gasteiger partial charge is 0.137 e. The van der Waals surface area contributed by atoms with Crippen molar-refractivity contribution in [3.05, 3.63) is 89.6 Å². The van der Waals surface area contributed by atoms with Crippen LogP contribution in [0.15, 0.2) is 79.0 Å². The van der Waals surface area contributed by atoms with Crippen LogP contribution >= 0.6 is 11.6 Å². The highest BCUT2D eigenvalue weighted by molar-refractivity contribution is 6.30. The summed E-state index contributed by atoms with van der Waals surface area (Å²) in [4.78, 5) is 7.85. The van der Waals surface area contributed by atoms with Gasteiger partial charge in [0, 0.05) is 22.2 Å². The second kappa shape index (κ2) is 8.19. The van der Waals surface area contributed by atoms with Crippen LogP contribution in [0, 0.1) is 0 Å². The van der Waals surface area contributed by atoms with E-state index in [1.165, 1.54) is 0 Å². The minimum absolute atomic E-state index is 0.460. The van der Waals surface area contributed by atoms with E-state index < -0.39 is 0 Å². The van der Waals surface area contributed by atoms with Gasteiger partial charge in [0.05, 0.1) is 19.0 Å². The number of nitrogens with one attached hydrogen (secondary N) is 1. The maximum absolute atomic E-state index is 5.92. The Morgan fingerprint density at radius 1 is 0.964 bits per heavy atom. The molecule has 4 nitrogen and oxygen atoms in total. The summed E-state index contributed by atoms with van der Waals surface area (Å²) in [5.74, 6) is 2.27. The third-order valence-electron chi connectivity index (χ3n) is 4.40. The first-order valence-electron chi connectivity index (χ1n) is 8.89. The molecule has 0 spiro atoms. The summed E-state index contributed by atoms with van der Waals surface area (Å²) in [6.45, 7) is 0.460. The Morgan fingerprint density at radius 2 is 1.75 bits per heavy atom. The molecule has 0 aliphatic rings. The number of ether oxygens (including phenoxy) is 2. The Bertz CT molecular complexity index is 1060. The fourth-order valence-corrected chi connectivity index (χ4v) is 3.06. The zero-order chi connectivity index (χ0) is 19.3. The Morgan fingerprint density at radius 3 is 2.50 bits per heavy atom. The number of nitrogens with zero attached hydrogens (tertiary/aromatic N) is 1. The van der Waals surface area contributed by atoms with Crippen LogP contribution in [0.3, 0.4) is 0 Å². The molecule has 5 heteroatoms. The lowest BCUT2D eigenvalue weighted by Gasteiger charge is -2.11. The number of methoxy groups -OCH3 is 1. The van der Waals surface area contributed by atoms with Crippen LogP contribution in [-0.4, -0.2) is 17.1 Å². The monoisotopic (exact) mass is 390 g/mol. The molecule has 4 aromatic rings. The van der Waals surface area contributed by atoms with Gasteiger partial charge in [-0.2, -0.15) is 0 Å². The lowest BCUT2D eigenvalue weighted by molar-refractivity contribution is 0.304. The van der Waals surface area contributed by atoms with Crippen molar-refractivity contribution in [3.63, 3.8) is 0 Å². The number of H-pyrrole nitrogens is 1. The largest absolute Gasteiger partial charge is 0.496 e. The minimum Gasteiger partial charge on any atom is -0.496 e. The van der Waals surface area contributed by atoms with Gasteiger partial charge in [-0.1, -0.05) is 54.1 Å². The number of hydrogen-bond acceptors (Lipinski definition) is 3. The van der Waals surface area contributed by atoms with E-state index >= 15 is 0 Å². The first-order chi connectivity index (χ1) is 13.7. The van der Waals surface area contributed by atoms with Crippen LogP contribution in [0.4, 0.5) is 0 Å². The van der Waals surface area contributed by atoms with E-state index in [-0.39, 0.29) is 0 Å². The maximum atomic E-state index is 5.92. The molecule has 0 saturated heterocycles. The van der Waals surface area contributed by atoms with Gasteiger partial charge in [-0.05, 0) is 29.8 Å². The van der Waals surface area contributed by atoms with Crippen molar-refractivity contribution in [2.75, 3.05) is 7.11 Å². The predicted octanol–water partition coefficient (Wildman–Crippen LogP) is 5.98. The molecule has 4 rings (SSSR count). The van der Waals surface area contributed by atoms with E-state index in [0.717, 1.165) is 39.7 Å². The molecule has 0 aliphatic heterocycles. The van der Waals surface area contributed by atoms with Crippen molar-refractivity contribution < 1.29 is 9.47 Å². The molecule has 0 fully saturated rings. The summed E-state index contributed by atoms with van der Waals surface area (Å²) in [5, 5.41) is 0.712. The maximum Gasteiger partial charge on any atom is 0.137 e. The van der Waals surface area contributed by atoms with Crippen molar-refractivity contribution in [2.24, 2.45) is 0 Å². The van der Waals surface area contributed by atoms with Crippen molar-refractivity contribution in [3.8, 4) is 34.1 Å². The number of imidazole rings is 1. The zero-order valence-corrected chi connectivity index (χ0v) is 16.1. The lowest BCUT2D eigenvalue weighted by atomic mass is 10.1. The fraction of sp³-hybridized carbons (Fsp3) is 0.0870. The molecule has 0 aliphatic carbocycles. The van der Waals surface area contributed by atoms with Crippen molar-refractivity contribution >= 4 is 11.6 Å². The molecule has 140 valence electrons. The fourth-order valence-electron chi connectivity index (χ4n) is 2.93. The van der Waals surface area contributed by atoms with Crippen LogP contribution in [0.1, 0.15) is 5.56 Å². The van der Waals surface area contributed by atoms with Gasteiger partial charge in [-0.25, -0.2) is 4.98 Å². The van der Waals surface area contributed by atoms with Crippen molar-refractivity contribution in [1.29, 1.82) is 0 Å². The second-order valence-corrected chi connectivity index (χ2v) is 6.73. The van der Waals surface area contributed by atoms with Crippen LogP contribution in [0.5, 0.6) is 11.5 Å². The normalized spacial score (nSPS) is 10.6. The number of rotatable bonds is 6. The number of aromatic nitrogens is 2. The summed E-state index contributed by atoms with van der Waals surface area (Å²) >= 11 is 5.92. The van der Waals surface area contributed by atoms with Gasteiger partial charge in [0.2, 0.25) is 0 Å². The summed E-state index contributed by atoms with van der Waals surface area (Å²) in [7, 11) is 1.65. The summed E-state index contributed by atoms with van der Waals surface area (Å²) in [5.41, 5.74) is 3.90. The second-order valence-electron chi connectivity index (χ2n) is 6.29. The highest BCUT2D eigenvalue weighted by Gasteiger charge is 2.11. The van der Waals surface area contributed by atoms with Crippen LogP contribution in [0.2, 0.25) is 5.02 Å². The molecule has 0 saturated carbocycles. The highest BCUT2D eigenvalue weighted by atomic mass is 35.5. The van der Waals surface area contributed by atoms with Crippen LogP contribution < -0.4 is 9.47 Å². The molecule has 3 aromatic carbocycles.